The molecule has 2 aromatic heterocycles. The number of nitrogens with one attached hydrogen (secondary N) is 1. The molecule has 1 amide bonds. The van der Waals surface area contributed by atoms with Gasteiger partial charge in [-0.1, -0.05) is 13.8 Å². The molecule has 0 aromatic carbocycles. The number of carbonyl (C=O) groups excluding carboxylic acids is 1. The van der Waals surface area contributed by atoms with Gasteiger partial charge in [-0.15, -0.1) is 0 Å². The Balaban J connectivity index is 1.72. The molecule has 4 rings (SSSR count). The van der Waals surface area contributed by atoms with E-state index in [9.17, 15) is 9.59 Å². The molecule has 1 N–H and O–H groups in total. The molecule has 0 spiro atoms. The van der Waals surface area contributed by atoms with Crippen molar-refractivity contribution in [2.75, 3.05) is 19.8 Å². The van der Waals surface area contributed by atoms with Crippen molar-refractivity contribution >= 4 is 16.8 Å². The molecule has 7 nitrogen and oxygen atoms in total. The average Bonchev–Trinajstić information content (AvgIpc) is 3.10. The fourth-order valence-electron chi connectivity index (χ4n) is 3.73. The third kappa shape index (κ3) is 2.15. The maximum atomic E-state index is 12.9. The van der Waals surface area contributed by atoms with Gasteiger partial charge >= 0.3 is 0 Å². The predicted molar refractivity (Wildman–Crippen MR) is 83.1 cm³/mol. The van der Waals surface area contributed by atoms with E-state index in [1.165, 1.54) is 18.6 Å². The second-order valence-corrected chi connectivity index (χ2v) is 6.95. The van der Waals surface area contributed by atoms with Gasteiger partial charge in [0.15, 0.2) is 0 Å². The number of amides is 1. The van der Waals surface area contributed by atoms with Crippen molar-refractivity contribution in [3.8, 4) is 0 Å². The van der Waals surface area contributed by atoms with E-state index in [1.54, 1.807) is 0 Å². The third-order valence-corrected chi connectivity index (χ3v) is 5.04. The summed E-state index contributed by atoms with van der Waals surface area (Å²) in [5, 5.41) is 0.378. The minimum atomic E-state index is -0.268. The van der Waals surface area contributed by atoms with Crippen molar-refractivity contribution in [1.29, 1.82) is 0 Å². The highest BCUT2D eigenvalue weighted by molar-refractivity contribution is 5.96. The molecule has 0 aliphatic carbocycles. The van der Waals surface area contributed by atoms with Crippen LogP contribution >= 0.6 is 0 Å². The maximum absolute atomic E-state index is 12.9. The van der Waals surface area contributed by atoms with Gasteiger partial charge in [0.2, 0.25) is 0 Å². The van der Waals surface area contributed by atoms with E-state index in [2.05, 4.69) is 28.8 Å². The molecule has 23 heavy (non-hydrogen) atoms. The lowest BCUT2D eigenvalue weighted by Crippen LogP contribution is -2.38. The number of H-pyrrole nitrogens is 1. The Kier molecular flexibility index (Phi) is 3.02. The van der Waals surface area contributed by atoms with E-state index in [4.69, 9.17) is 4.74 Å². The van der Waals surface area contributed by atoms with Crippen LogP contribution in [-0.2, 0) is 4.74 Å². The van der Waals surface area contributed by atoms with Gasteiger partial charge in [-0.25, -0.2) is 9.97 Å². The number of rotatable bonds is 1. The predicted octanol–water partition coefficient (Wildman–Crippen LogP) is 0.815. The maximum Gasteiger partial charge on any atom is 0.272 e. The van der Waals surface area contributed by atoms with Gasteiger partial charge in [-0.05, 0) is 11.5 Å². The van der Waals surface area contributed by atoms with Gasteiger partial charge in [0, 0.05) is 12.5 Å². The summed E-state index contributed by atoms with van der Waals surface area (Å²) in [5.74, 6) is 0.193. The number of hydrogen-bond acceptors (Lipinski definition) is 5. The minimum absolute atomic E-state index is 0.0205. The summed E-state index contributed by atoms with van der Waals surface area (Å²) in [4.78, 5) is 37.4. The van der Waals surface area contributed by atoms with Crippen molar-refractivity contribution < 1.29 is 9.53 Å². The van der Waals surface area contributed by atoms with Crippen LogP contribution < -0.4 is 5.56 Å². The monoisotopic (exact) mass is 314 g/mol. The van der Waals surface area contributed by atoms with Gasteiger partial charge in [-0.3, -0.25) is 9.59 Å². The van der Waals surface area contributed by atoms with Crippen LogP contribution in [0.15, 0.2) is 23.4 Å². The summed E-state index contributed by atoms with van der Waals surface area (Å²) < 4.78 is 5.57. The Bertz CT molecular complexity index is 845. The summed E-state index contributed by atoms with van der Waals surface area (Å²) in [6.45, 7) is 6.25. The number of carbonyl (C=O) groups is 1. The molecule has 2 atom stereocenters. The SMILES string of the molecule is CC1(C)CN(C(=O)c2cc3c(=O)[nH]cnc3cn2)[C@@H]2COC[C@@H]21. The van der Waals surface area contributed by atoms with Crippen LogP contribution in [0.25, 0.3) is 10.9 Å². The molecule has 0 radical (unpaired) electrons. The highest BCUT2D eigenvalue weighted by Gasteiger charge is 2.51. The Hall–Kier alpha value is -2.28. The smallest absolute Gasteiger partial charge is 0.272 e. The molecule has 0 unspecified atom stereocenters. The van der Waals surface area contributed by atoms with Gasteiger partial charge in [0.05, 0.1) is 42.7 Å². The van der Waals surface area contributed by atoms with E-state index >= 15 is 0 Å². The molecule has 0 saturated carbocycles. The zero-order chi connectivity index (χ0) is 16.2. The van der Waals surface area contributed by atoms with Crippen LogP contribution in [0.5, 0.6) is 0 Å². The molecule has 2 aromatic rings. The fourth-order valence-corrected chi connectivity index (χ4v) is 3.73. The molecule has 0 bridgehead atoms. The molecule has 2 aliphatic heterocycles. The summed E-state index contributed by atoms with van der Waals surface area (Å²) in [6, 6.07) is 1.61. The second kappa shape index (κ2) is 4.86. The van der Waals surface area contributed by atoms with E-state index < -0.39 is 0 Å². The Labute approximate surface area is 132 Å². The van der Waals surface area contributed by atoms with Crippen molar-refractivity contribution in [3.63, 3.8) is 0 Å². The van der Waals surface area contributed by atoms with Crippen molar-refractivity contribution in [3.05, 3.63) is 34.6 Å². The second-order valence-electron chi connectivity index (χ2n) is 6.95. The normalized spacial score (nSPS) is 25.7. The third-order valence-electron chi connectivity index (χ3n) is 5.04. The summed E-state index contributed by atoms with van der Waals surface area (Å²) in [6.07, 6.45) is 2.80. The highest BCUT2D eigenvalue weighted by atomic mass is 16.5. The van der Waals surface area contributed by atoms with Crippen LogP contribution in [0.3, 0.4) is 0 Å². The number of hydrogen-bond donors (Lipinski definition) is 1. The van der Waals surface area contributed by atoms with Gasteiger partial charge in [0.25, 0.3) is 11.5 Å². The average molecular weight is 314 g/mol. The lowest BCUT2D eigenvalue weighted by molar-refractivity contribution is 0.0659. The zero-order valence-electron chi connectivity index (χ0n) is 13.1. The first-order valence-electron chi connectivity index (χ1n) is 7.69. The number of aromatic nitrogens is 3. The number of likely N-dealkylation sites (tertiary alicyclic amines) is 1. The van der Waals surface area contributed by atoms with Crippen LogP contribution in [0.1, 0.15) is 24.3 Å². The topological polar surface area (TPSA) is 88.2 Å². The van der Waals surface area contributed by atoms with Crippen molar-refractivity contribution in [2.45, 2.75) is 19.9 Å². The first-order chi connectivity index (χ1) is 11.0. The number of ether oxygens (including phenoxy) is 1. The standard InChI is InChI=1S/C16H18N4O3/c1-16(2)7-20(13-6-23-5-10(13)16)15(22)11-3-9-12(4-17-11)18-8-19-14(9)21/h3-4,8,10,13H,5-7H2,1-2H3,(H,18,19,21)/t10-,13+/m0/s1. The molecular weight excluding hydrogens is 296 g/mol. The summed E-state index contributed by atoms with van der Waals surface area (Å²) in [5.41, 5.74) is 0.510. The minimum Gasteiger partial charge on any atom is -0.379 e. The van der Waals surface area contributed by atoms with Crippen LogP contribution in [0.4, 0.5) is 0 Å². The zero-order valence-corrected chi connectivity index (χ0v) is 13.1. The number of aromatic amines is 1. The number of nitrogens with zero attached hydrogens (tertiary/aromatic N) is 3. The van der Waals surface area contributed by atoms with E-state index in [0.717, 1.165) is 0 Å². The molecule has 2 saturated heterocycles. The molecule has 2 aliphatic rings. The molecular formula is C16H18N4O3. The van der Waals surface area contributed by atoms with Crippen molar-refractivity contribution in [2.24, 2.45) is 11.3 Å². The van der Waals surface area contributed by atoms with Gasteiger partial charge in [-0.2, -0.15) is 0 Å². The van der Waals surface area contributed by atoms with E-state index in [-0.39, 0.29) is 28.6 Å². The van der Waals surface area contributed by atoms with Crippen LogP contribution in [-0.4, -0.2) is 51.6 Å². The van der Waals surface area contributed by atoms with Crippen LogP contribution in [0.2, 0.25) is 0 Å². The van der Waals surface area contributed by atoms with Crippen LogP contribution in [0, 0.1) is 11.3 Å². The fraction of sp³-hybridized carbons (Fsp3) is 0.500. The summed E-state index contributed by atoms with van der Waals surface area (Å²) >= 11 is 0. The molecule has 4 heterocycles. The molecule has 2 fully saturated rings. The number of fused-ring (bicyclic) bond motifs is 2. The Morgan fingerprint density at radius 3 is 3.04 bits per heavy atom. The lowest BCUT2D eigenvalue weighted by atomic mass is 9.80. The molecule has 7 heteroatoms. The van der Waals surface area contributed by atoms with E-state index in [1.807, 2.05) is 4.90 Å². The quantitative estimate of drug-likeness (QED) is 0.842. The van der Waals surface area contributed by atoms with Gasteiger partial charge in [0.1, 0.15) is 5.69 Å². The van der Waals surface area contributed by atoms with Crippen molar-refractivity contribution in [1.82, 2.24) is 19.9 Å². The largest absolute Gasteiger partial charge is 0.379 e. The Morgan fingerprint density at radius 2 is 2.22 bits per heavy atom. The highest BCUT2D eigenvalue weighted by Crippen LogP contribution is 2.43. The van der Waals surface area contributed by atoms with E-state index in [0.29, 0.717) is 36.6 Å². The Morgan fingerprint density at radius 1 is 1.39 bits per heavy atom. The number of pyridine rings is 1. The first-order valence-corrected chi connectivity index (χ1v) is 7.69. The first kappa shape index (κ1) is 14.3. The molecule has 120 valence electrons. The van der Waals surface area contributed by atoms with Gasteiger partial charge < -0.3 is 14.6 Å². The lowest BCUT2D eigenvalue weighted by Gasteiger charge is -2.23. The summed E-state index contributed by atoms with van der Waals surface area (Å²) in [7, 11) is 0.